The van der Waals surface area contributed by atoms with Crippen molar-refractivity contribution < 1.29 is 4.74 Å². The van der Waals surface area contributed by atoms with Crippen molar-refractivity contribution in [3.63, 3.8) is 0 Å². The summed E-state index contributed by atoms with van der Waals surface area (Å²) in [7, 11) is 0.500. The van der Waals surface area contributed by atoms with Crippen LogP contribution in [0.4, 0.5) is 0 Å². The fourth-order valence-corrected chi connectivity index (χ4v) is 2.59. The van der Waals surface area contributed by atoms with Crippen molar-refractivity contribution in [2.75, 3.05) is 7.05 Å². The van der Waals surface area contributed by atoms with Crippen LogP contribution >= 0.6 is 0 Å². The van der Waals surface area contributed by atoms with Crippen LogP contribution in [0.2, 0.25) is 19.6 Å². The van der Waals surface area contributed by atoms with Gasteiger partial charge in [0.15, 0.2) is 5.88 Å². The van der Waals surface area contributed by atoms with Crippen LogP contribution in [0.1, 0.15) is 19.5 Å². The molecule has 0 aliphatic heterocycles. The van der Waals surface area contributed by atoms with E-state index in [-0.39, 0.29) is 0 Å². The largest absolute Gasteiger partial charge is 0.446 e. The molecule has 0 aliphatic rings. The van der Waals surface area contributed by atoms with Crippen molar-refractivity contribution in [3.05, 3.63) is 42.2 Å². The molecule has 0 fully saturated rings. The summed E-state index contributed by atoms with van der Waals surface area (Å²) >= 11 is 0. The van der Waals surface area contributed by atoms with Gasteiger partial charge in [0.1, 0.15) is 5.76 Å². The van der Waals surface area contributed by atoms with E-state index in [0.717, 1.165) is 17.0 Å². The third-order valence-electron chi connectivity index (χ3n) is 3.10. The third-order valence-corrected chi connectivity index (χ3v) is 5.12. The number of hydrogen-bond acceptors (Lipinski definition) is 3. The summed E-state index contributed by atoms with van der Waals surface area (Å²) in [6.07, 6.45) is 1.99. The summed E-state index contributed by atoms with van der Waals surface area (Å²) in [6, 6.07) is 4.25. The fraction of sp³-hybridized carbons (Fsp3) is 0.400. The molecule has 1 heterocycles. The van der Waals surface area contributed by atoms with Crippen LogP contribution in [0.3, 0.4) is 0 Å². The van der Waals surface area contributed by atoms with Gasteiger partial charge in [0.25, 0.3) is 0 Å². The maximum Gasteiger partial charge on any atom is 0.185 e. The Morgan fingerprint density at radius 2 is 1.89 bits per heavy atom. The smallest absolute Gasteiger partial charge is 0.185 e. The van der Waals surface area contributed by atoms with Crippen molar-refractivity contribution in [2.24, 2.45) is 0 Å². The molecule has 0 saturated carbocycles. The van der Waals surface area contributed by atoms with Gasteiger partial charge in [-0.2, -0.15) is 0 Å². The average Bonchev–Trinajstić information content (AvgIpc) is 2.36. The van der Waals surface area contributed by atoms with Gasteiger partial charge >= 0.3 is 0 Å². The molecule has 0 amide bonds. The molecule has 1 N–H and O–H groups in total. The molecule has 0 aromatic carbocycles. The fourth-order valence-electron chi connectivity index (χ4n) is 1.55. The molecular weight excluding hydrogens is 252 g/mol. The highest BCUT2D eigenvalue weighted by molar-refractivity contribution is 6.88. The van der Waals surface area contributed by atoms with Gasteiger partial charge in [-0.15, -0.1) is 0 Å². The lowest BCUT2D eigenvalue weighted by molar-refractivity contribution is 0.287. The van der Waals surface area contributed by atoms with Crippen molar-refractivity contribution >= 4 is 18.8 Å². The Balaban J connectivity index is 2.97. The second-order valence-corrected chi connectivity index (χ2v) is 10.7. The molecule has 0 atom stereocenters. The maximum absolute atomic E-state index is 5.56. The van der Waals surface area contributed by atoms with Crippen LogP contribution in [0, 0.1) is 0 Å². The Morgan fingerprint density at radius 1 is 1.26 bits per heavy atom. The quantitative estimate of drug-likeness (QED) is 0.663. The molecule has 1 aromatic heterocycles. The molecule has 0 saturated heterocycles. The minimum absolute atomic E-state index is 0.538. The standard InChI is InChI=1S/C15H24N2OSi/c1-11(12(2)18-13(3)16-4)15-9-8-14(10-17-15)19(5,6)7/h8-10,16H,3H2,1-2,4-7H3/b12-11-. The Labute approximate surface area is 117 Å². The zero-order chi connectivity index (χ0) is 14.6. The second kappa shape index (κ2) is 6.06. The molecule has 4 heteroatoms. The summed E-state index contributed by atoms with van der Waals surface area (Å²) in [5.41, 5.74) is 1.97. The number of aromatic nitrogens is 1. The Kier molecular flexibility index (Phi) is 4.95. The van der Waals surface area contributed by atoms with Crippen LogP contribution in [0.15, 0.2) is 36.6 Å². The van der Waals surface area contributed by atoms with E-state index in [1.807, 2.05) is 20.0 Å². The van der Waals surface area contributed by atoms with Gasteiger partial charge < -0.3 is 10.1 Å². The molecule has 1 rings (SSSR count). The topological polar surface area (TPSA) is 34.1 Å². The van der Waals surface area contributed by atoms with Gasteiger partial charge in [0, 0.05) is 18.8 Å². The number of rotatable bonds is 5. The van der Waals surface area contributed by atoms with Gasteiger partial charge in [0.2, 0.25) is 0 Å². The van der Waals surface area contributed by atoms with E-state index in [0.29, 0.717) is 5.88 Å². The molecule has 1 aromatic rings. The lowest BCUT2D eigenvalue weighted by Gasteiger charge is -2.16. The van der Waals surface area contributed by atoms with Crippen molar-refractivity contribution in [1.29, 1.82) is 0 Å². The summed E-state index contributed by atoms with van der Waals surface area (Å²) in [5.74, 6) is 1.35. The minimum atomic E-state index is -1.28. The van der Waals surface area contributed by atoms with Crippen LogP contribution in [0.5, 0.6) is 0 Å². The Bertz CT molecular complexity index is 484. The lowest BCUT2D eigenvalue weighted by atomic mass is 10.2. The van der Waals surface area contributed by atoms with Gasteiger partial charge in [-0.1, -0.05) is 25.7 Å². The Hall–Kier alpha value is -1.55. The molecule has 19 heavy (non-hydrogen) atoms. The molecule has 104 valence electrons. The average molecular weight is 276 g/mol. The zero-order valence-electron chi connectivity index (χ0n) is 12.8. The monoisotopic (exact) mass is 276 g/mol. The predicted molar refractivity (Wildman–Crippen MR) is 84.8 cm³/mol. The number of pyridine rings is 1. The van der Waals surface area contributed by atoms with E-state index in [2.05, 4.69) is 48.7 Å². The summed E-state index contributed by atoms with van der Waals surface area (Å²) < 4.78 is 5.56. The molecule has 0 radical (unpaired) electrons. The van der Waals surface area contributed by atoms with Gasteiger partial charge in [-0.25, -0.2) is 0 Å². The van der Waals surface area contributed by atoms with E-state index in [1.54, 1.807) is 7.05 Å². The second-order valence-electron chi connectivity index (χ2n) is 5.64. The van der Waals surface area contributed by atoms with E-state index in [9.17, 15) is 0 Å². The van der Waals surface area contributed by atoms with Crippen molar-refractivity contribution in [3.8, 4) is 0 Å². The lowest BCUT2D eigenvalue weighted by Crippen LogP contribution is -2.37. The number of hydrogen-bond donors (Lipinski definition) is 1. The molecule has 0 spiro atoms. The number of ether oxygens (including phenoxy) is 1. The predicted octanol–water partition coefficient (Wildman–Crippen LogP) is 3.08. The number of nitrogens with zero attached hydrogens (tertiary/aromatic N) is 1. The first kappa shape index (κ1) is 15.5. The summed E-state index contributed by atoms with van der Waals surface area (Å²) in [6.45, 7) is 14.6. The maximum atomic E-state index is 5.56. The summed E-state index contributed by atoms with van der Waals surface area (Å²) in [4.78, 5) is 4.55. The highest BCUT2D eigenvalue weighted by atomic mass is 28.3. The highest BCUT2D eigenvalue weighted by Crippen LogP contribution is 2.17. The van der Waals surface area contributed by atoms with Gasteiger partial charge in [0.05, 0.1) is 13.8 Å². The molecular formula is C15H24N2OSi. The van der Waals surface area contributed by atoms with Gasteiger partial charge in [-0.3, -0.25) is 4.98 Å². The first-order valence-corrected chi connectivity index (χ1v) is 9.94. The van der Waals surface area contributed by atoms with Crippen molar-refractivity contribution in [2.45, 2.75) is 33.5 Å². The third kappa shape index (κ3) is 4.24. The summed E-state index contributed by atoms with van der Waals surface area (Å²) in [5, 5.41) is 4.23. The van der Waals surface area contributed by atoms with Crippen molar-refractivity contribution in [1.82, 2.24) is 10.3 Å². The van der Waals surface area contributed by atoms with E-state index in [4.69, 9.17) is 4.74 Å². The minimum Gasteiger partial charge on any atom is -0.446 e. The van der Waals surface area contributed by atoms with E-state index in [1.165, 1.54) is 5.19 Å². The number of allylic oxidation sites excluding steroid dienone is 2. The first-order chi connectivity index (χ1) is 8.75. The zero-order valence-corrected chi connectivity index (χ0v) is 13.8. The number of nitrogens with one attached hydrogen (secondary N) is 1. The molecule has 0 unspecified atom stereocenters. The van der Waals surface area contributed by atoms with E-state index < -0.39 is 8.07 Å². The van der Waals surface area contributed by atoms with E-state index >= 15 is 0 Å². The Morgan fingerprint density at radius 3 is 2.32 bits per heavy atom. The normalized spacial score (nSPS) is 12.7. The van der Waals surface area contributed by atoms with Gasteiger partial charge in [-0.05, 0) is 31.7 Å². The molecule has 0 bridgehead atoms. The van der Waals surface area contributed by atoms with Crippen LogP contribution in [-0.4, -0.2) is 20.1 Å². The van der Waals surface area contributed by atoms with Crippen LogP contribution < -0.4 is 10.5 Å². The molecule has 3 nitrogen and oxygen atoms in total. The van der Waals surface area contributed by atoms with Crippen LogP contribution in [0.25, 0.3) is 5.57 Å². The molecule has 0 aliphatic carbocycles. The SMILES string of the molecule is C=C(NC)O/C(C)=C(/C)c1ccc([Si](C)(C)C)cn1. The highest BCUT2D eigenvalue weighted by Gasteiger charge is 2.16. The van der Waals surface area contributed by atoms with Crippen LogP contribution in [-0.2, 0) is 4.74 Å². The first-order valence-electron chi connectivity index (χ1n) is 6.44.